The van der Waals surface area contributed by atoms with Gasteiger partial charge < -0.3 is 0 Å². The highest BCUT2D eigenvalue weighted by Gasteiger charge is 2.30. The van der Waals surface area contributed by atoms with Gasteiger partial charge in [-0.05, 0) is 24.1 Å². The Balaban J connectivity index is 1.74. The number of hydrogen-bond acceptors (Lipinski definition) is 2. The number of benzene rings is 2. The number of aryl methyl sites for hydroxylation is 2. The lowest BCUT2D eigenvalue weighted by Crippen LogP contribution is -2.11. The van der Waals surface area contributed by atoms with E-state index in [0.29, 0.717) is 11.4 Å². The number of halogens is 3. The standard InChI is InChI=1S/C17H12F3N3/c18-17(19,20)13-7-5-12(6-8-13)15-21-16-14-4-2-1-3-11(14)9-10-23(16)22-15/h1-8H,9-10H2. The molecule has 0 spiro atoms. The maximum Gasteiger partial charge on any atom is 0.416 e. The fraction of sp³-hybridized carbons (Fsp3) is 0.176. The second-order valence-corrected chi connectivity index (χ2v) is 5.46. The minimum Gasteiger partial charge on any atom is -0.245 e. The summed E-state index contributed by atoms with van der Waals surface area (Å²) >= 11 is 0. The number of nitrogens with zero attached hydrogens (tertiary/aromatic N) is 3. The minimum absolute atomic E-state index is 0.449. The van der Waals surface area contributed by atoms with Crippen molar-refractivity contribution in [1.29, 1.82) is 0 Å². The third-order valence-corrected chi connectivity index (χ3v) is 3.99. The molecule has 2 heterocycles. The molecular weight excluding hydrogens is 303 g/mol. The van der Waals surface area contributed by atoms with E-state index in [0.717, 1.165) is 36.5 Å². The van der Waals surface area contributed by atoms with Gasteiger partial charge in [0.05, 0.1) is 5.56 Å². The molecule has 4 rings (SSSR count). The summed E-state index contributed by atoms with van der Waals surface area (Å²) < 4.78 is 39.7. The van der Waals surface area contributed by atoms with Gasteiger partial charge in [0.2, 0.25) is 0 Å². The van der Waals surface area contributed by atoms with E-state index in [2.05, 4.69) is 16.1 Å². The summed E-state index contributed by atoms with van der Waals surface area (Å²) in [6.45, 7) is 0.722. The molecule has 116 valence electrons. The average molecular weight is 315 g/mol. The lowest BCUT2D eigenvalue weighted by atomic mass is 10.0. The molecule has 1 aromatic heterocycles. The maximum absolute atomic E-state index is 12.6. The third kappa shape index (κ3) is 2.40. The van der Waals surface area contributed by atoms with Crippen molar-refractivity contribution in [2.75, 3.05) is 0 Å². The molecule has 0 radical (unpaired) electrons. The lowest BCUT2D eigenvalue weighted by molar-refractivity contribution is -0.137. The maximum atomic E-state index is 12.6. The quantitative estimate of drug-likeness (QED) is 0.674. The molecule has 2 aromatic carbocycles. The Morgan fingerprint density at radius 3 is 2.43 bits per heavy atom. The van der Waals surface area contributed by atoms with Gasteiger partial charge in [-0.2, -0.15) is 18.3 Å². The molecule has 23 heavy (non-hydrogen) atoms. The smallest absolute Gasteiger partial charge is 0.245 e. The largest absolute Gasteiger partial charge is 0.416 e. The van der Waals surface area contributed by atoms with Crippen LogP contribution in [0.15, 0.2) is 48.5 Å². The Kier molecular flexibility index (Phi) is 3.01. The molecule has 0 atom stereocenters. The Morgan fingerprint density at radius 2 is 1.70 bits per heavy atom. The van der Waals surface area contributed by atoms with E-state index in [1.54, 1.807) is 0 Å². The predicted molar refractivity (Wildman–Crippen MR) is 79.6 cm³/mol. The van der Waals surface area contributed by atoms with Crippen LogP contribution in [0.1, 0.15) is 11.1 Å². The van der Waals surface area contributed by atoms with Gasteiger partial charge in [0.25, 0.3) is 0 Å². The van der Waals surface area contributed by atoms with E-state index in [1.165, 1.54) is 17.7 Å². The van der Waals surface area contributed by atoms with E-state index >= 15 is 0 Å². The van der Waals surface area contributed by atoms with E-state index < -0.39 is 11.7 Å². The first-order valence-electron chi connectivity index (χ1n) is 7.23. The predicted octanol–water partition coefficient (Wildman–Crippen LogP) is 4.19. The summed E-state index contributed by atoms with van der Waals surface area (Å²) in [6, 6.07) is 12.9. The van der Waals surface area contributed by atoms with Gasteiger partial charge in [0.15, 0.2) is 11.6 Å². The summed E-state index contributed by atoms with van der Waals surface area (Å²) in [5.41, 5.74) is 2.16. The van der Waals surface area contributed by atoms with Gasteiger partial charge in [0, 0.05) is 17.7 Å². The summed E-state index contributed by atoms with van der Waals surface area (Å²) in [5.74, 6) is 1.21. The number of aromatic nitrogens is 3. The van der Waals surface area contributed by atoms with Crippen LogP contribution >= 0.6 is 0 Å². The molecule has 0 aliphatic carbocycles. The first kappa shape index (κ1) is 14.0. The van der Waals surface area contributed by atoms with Crippen molar-refractivity contribution in [2.24, 2.45) is 0 Å². The van der Waals surface area contributed by atoms with Crippen molar-refractivity contribution in [3.05, 3.63) is 59.7 Å². The van der Waals surface area contributed by atoms with E-state index in [4.69, 9.17) is 0 Å². The van der Waals surface area contributed by atoms with Crippen LogP contribution in [0.5, 0.6) is 0 Å². The average Bonchev–Trinajstić information content (AvgIpc) is 2.99. The number of rotatable bonds is 1. The molecular formula is C17H12F3N3. The zero-order valence-corrected chi connectivity index (χ0v) is 12.0. The van der Waals surface area contributed by atoms with Crippen LogP contribution in [-0.4, -0.2) is 14.8 Å². The summed E-state index contributed by atoms with van der Waals surface area (Å²) in [6.07, 6.45) is -3.46. The Morgan fingerprint density at radius 1 is 0.957 bits per heavy atom. The molecule has 0 saturated carbocycles. The molecule has 6 heteroatoms. The molecule has 3 aromatic rings. The second kappa shape index (κ2) is 4.94. The minimum atomic E-state index is -4.33. The molecule has 0 bridgehead atoms. The highest BCUT2D eigenvalue weighted by Crippen LogP contribution is 2.32. The Labute approximate surface area is 130 Å². The van der Waals surface area contributed by atoms with Gasteiger partial charge in [-0.25, -0.2) is 9.67 Å². The fourth-order valence-electron chi connectivity index (χ4n) is 2.81. The molecule has 0 amide bonds. The van der Waals surface area contributed by atoms with Gasteiger partial charge >= 0.3 is 6.18 Å². The zero-order chi connectivity index (χ0) is 16.0. The topological polar surface area (TPSA) is 30.7 Å². The molecule has 0 N–H and O–H groups in total. The normalized spacial score (nSPS) is 13.5. The van der Waals surface area contributed by atoms with Crippen LogP contribution in [0.4, 0.5) is 13.2 Å². The van der Waals surface area contributed by atoms with Crippen molar-refractivity contribution in [3.8, 4) is 22.8 Å². The van der Waals surface area contributed by atoms with Crippen LogP contribution in [0, 0.1) is 0 Å². The number of alkyl halides is 3. The van der Waals surface area contributed by atoms with Crippen molar-refractivity contribution in [2.45, 2.75) is 19.1 Å². The van der Waals surface area contributed by atoms with Crippen molar-refractivity contribution >= 4 is 0 Å². The highest BCUT2D eigenvalue weighted by molar-refractivity contribution is 5.65. The third-order valence-electron chi connectivity index (χ3n) is 3.99. The number of hydrogen-bond donors (Lipinski definition) is 0. The molecule has 0 unspecified atom stereocenters. The summed E-state index contributed by atoms with van der Waals surface area (Å²) in [4.78, 5) is 4.52. The summed E-state index contributed by atoms with van der Waals surface area (Å²) in [7, 11) is 0. The van der Waals surface area contributed by atoms with Gasteiger partial charge in [-0.3, -0.25) is 0 Å². The van der Waals surface area contributed by atoms with Crippen LogP contribution < -0.4 is 0 Å². The van der Waals surface area contributed by atoms with Crippen molar-refractivity contribution in [1.82, 2.24) is 14.8 Å². The Hall–Kier alpha value is -2.63. The fourth-order valence-corrected chi connectivity index (χ4v) is 2.81. The van der Waals surface area contributed by atoms with Crippen LogP contribution in [0.3, 0.4) is 0 Å². The monoisotopic (exact) mass is 315 g/mol. The zero-order valence-electron chi connectivity index (χ0n) is 12.0. The molecule has 0 fully saturated rings. The first-order chi connectivity index (χ1) is 11.0. The van der Waals surface area contributed by atoms with Gasteiger partial charge in [-0.1, -0.05) is 36.4 Å². The van der Waals surface area contributed by atoms with Crippen LogP contribution in [0.2, 0.25) is 0 Å². The van der Waals surface area contributed by atoms with Crippen molar-refractivity contribution < 1.29 is 13.2 Å². The van der Waals surface area contributed by atoms with E-state index in [1.807, 2.05) is 22.9 Å². The van der Waals surface area contributed by atoms with E-state index in [9.17, 15) is 13.2 Å². The second-order valence-electron chi connectivity index (χ2n) is 5.46. The molecule has 0 saturated heterocycles. The van der Waals surface area contributed by atoms with Gasteiger partial charge in [0.1, 0.15) is 0 Å². The lowest BCUT2D eigenvalue weighted by Gasteiger charge is -2.15. The van der Waals surface area contributed by atoms with Crippen molar-refractivity contribution in [3.63, 3.8) is 0 Å². The van der Waals surface area contributed by atoms with Gasteiger partial charge in [-0.15, -0.1) is 0 Å². The molecule has 3 nitrogen and oxygen atoms in total. The number of fused-ring (bicyclic) bond motifs is 3. The van der Waals surface area contributed by atoms with Crippen LogP contribution in [0.25, 0.3) is 22.8 Å². The highest BCUT2D eigenvalue weighted by atomic mass is 19.4. The Bertz CT molecular complexity index is 864. The first-order valence-corrected chi connectivity index (χ1v) is 7.23. The van der Waals surface area contributed by atoms with E-state index in [-0.39, 0.29) is 0 Å². The molecule has 1 aliphatic rings. The SMILES string of the molecule is FC(F)(F)c1ccc(-c2nc3n(n2)CCc2ccccc2-3)cc1. The molecule has 1 aliphatic heterocycles. The van der Waals surface area contributed by atoms with Crippen LogP contribution in [-0.2, 0) is 19.1 Å². The summed E-state index contributed by atoms with van der Waals surface area (Å²) in [5, 5.41) is 4.44.